The Morgan fingerprint density at radius 2 is 1.65 bits per heavy atom. The van der Waals surface area contributed by atoms with Gasteiger partial charge >= 0.3 is 22.8 Å². The fraction of sp³-hybridized carbons (Fsp3) is 0.343. The molecule has 0 aliphatic carbocycles. The van der Waals surface area contributed by atoms with Gasteiger partial charge in [-0.05, 0) is 65.6 Å². The Morgan fingerprint density at radius 1 is 1.02 bits per heavy atom. The lowest BCUT2D eigenvalue weighted by Gasteiger charge is -2.37. The quantitative estimate of drug-likeness (QED) is 0.0958. The van der Waals surface area contributed by atoms with Crippen molar-refractivity contribution in [3.8, 4) is 17.4 Å². The minimum Gasteiger partial charge on any atom is -0.493 e. The molecule has 5 rings (SSSR count). The van der Waals surface area contributed by atoms with Crippen LogP contribution in [0.2, 0.25) is 0 Å². The lowest BCUT2D eigenvalue weighted by Crippen LogP contribution is -2.56. The molecule has 0 unspecified atom stereocenters. The zero-order valence-electron chi connectivity index (χ0n) is 28.6. The van der Waals surface area contributed by atoms with Gasteiger partial charge in [0, 0.05) is 13.0 Å². The number of hydrogen-bond donors (Lipinski definition) is 2. The van der Waals surface area contributed by atoms with Gasteiger partial charge < -0.3 is 34.2 Å². The molecular weight excluding hydrogens is 700 g/mol. The molecule has 3 aromatic carbocycles. The van der Waals surface area contributed by atoms with Crippen LogP contribution in [0.3, 0.4) is 0 Å². The first kappa shape index (κ1) is 37.6. The summed E-state index contributed by atoms with van der Waals surface area (Å²) in [7, 11) is -1.40. The number of aliphatic carboxylic acids is 1. The second-order valence-electron chi connectivity index (χ2n) is 11.8. The molecule has 1 aromatic heterocycles. The zero-order chi connectivity index (χ0) is 37.4. The van der Waals surface area contributed by atoms with Crippen molar-refractivity contribution in [2.75, 3.05) is 27.4 Å². The summed E-state index contributed by atoms with van der Waals surface area (Å²) in [5.41, 5.74) is 2.34. The molecule has 0 saturated carbocycles. The minimum atomic E-state index is -4.35. The van der Waals surface area contributed by atoms with E-state index >= 15 is 0 Å². The van der Waals surface area contributed by atoms with Crippen LogP contribution in [-0.2, 0) is 48.3 Å². The van der Waals surface area contributed by atoms with Crippen LogP contribution in [0.1, 0.15) is 30.0 Å². The number of esters is 1. The number of aromatic nitrogens is 2. The second-order valence-corrected chi connectivity index (χ2v) is 13.7. The molecule has 1 aliphatic heterocycles. The van der Waals surface area contributed by atoms with E-state index in [2.05, 4.69) is 15.1 Å². The van der Waals surface area contributed by atoms with E-state index in [-0.39, 0.29) is 35.8 Å². The number of carboxylic acids is 1. The Morgan fingerprint density at radius 3 is 2.29 bits per heavy atom. The molecule has 2 heterocycles. The van der Waals surface area contributed by atoms with Crippen molar-refractivity contribution in [3.63, 3.8) is 0 Å². The van der Waals surface area contributed by atoms with Gasteiger partial charge in [-0.1, -0.05) is 48.5 Å². The van der Waals surface area contributed by atoms with Crippen molar-refractivity contribution >= 4 is 27.7 Å². The maximum absolute atomic E-state index is 13.8. The number of fused-ring (bicyclic) bond motifs is 1. The van der Waals surface area contributed by atoms with Gasteiger partial charge in [-0.2, -0.15) is 0 Å². The highest BCUT2D eigenvalue weighted by atomic mass is 32.2. The van der Waals surface area contributed by atoms with Crippen LogP contribution in [0, 0.1) is 5.21 Å². The van der Waals surface area contributed by atoms with Gasteiger partial charge in [0.2, 0.25) is 5.91 Å². The van der Waals surface area contributed by atoms with Crippen molar-refractivity contribution in [3.05, 3.63) is 94.7 Å². The normalized spacial score (nSPS) is 15.2. The number of sulfone groups is 1. The fourth-order valence-electron chi connectivity index (χ4n) is 5.83. The summed E-state index contributed by atoms with van der Waals surface area (Å²) >= 11 is 0. The van der Waals surface area contributed by atoms with E-state index in [4.69, 9.17) is 18.9 Å². The molecule has 17 heteroatoms. The number of methoxy groups -OCH3 is 2. The van der Waals surface area contributed by atoms with E-state index in [0.717, 1.165) is 5.56 Å². The topological polar surface area (TPSA) is 211 Å². The number of carbonyl (C=O) groups excluding carboxylic acids is 2. The average Bonchev–Trinajstić information content (AvgIpc) is 3.54. The Balaban J connectivity index is 1.27. The van der Waals surface area contributed by atoms with Crippen LogP contribution >= 0.6 is 0 Å². The standard InChI is InChI=1S/C35H38N4O12S/c1-22(32(40)38-21-25-20-30(48-3)29(47-2)19-24(25)18-28(38)34(41)42)36-27(15-14-23-10-6-4-7-11-23)35(43)50-17-16-49-31-33(39(44)51-37-31)52(45,46)26-12-8-5-9-13-26/h4-13,19-20,22,27-28,36H,14-18,21H2,1-3H3,(H,41,42)/t22-,27-,28-/m0/s1. The summed E-state index contributed by atoms with van der Waals surface area (Å²) < 4.78 is 52.1. The predicted octanol–water partition coefficient (Wildman–Crippen LogP) is 2.10. The summed E-state index contributed by atoms with van der Waals surface area (Å²) in [6, 6.07) is 16.7. The van der Waals surface area contributed by atoms with Gasteiger partial charge in [0.1, 0.15) is 25.3 Å². The van der Waals surface area contributed by atoms with E-state index in [0.29, 0.717) is 29.0 Å². The molecule has 0 bridgehead atoms. The highest BCUT2D eigenvalue weighted by molar-refractivity contribution is 7.91. The van der Waals surface area contributed by atoms with Crippen LogP contribution in [-0.4, -0.2) is 87.0 Å². The highest BCUT2D eigenvalue weighted by Gasteiger charge is 2.39. The molecule has 3 atom stereocenters. The molecule has 276 valence electrons. The van der Waals surface area contributed by atoms with Crippen molar-refractivity contribution in [2.24, 2.45) is 0 Å². The summed E-state index contributed by atoms with van der Waals surface area (Å²) in [6.45, 7) is 0.754. The summed E-state index contributed by atoms with van der Waals surface area (Å²) in [6.07, 6.45) is 0.683. The van der Waals surface area contributed by atoms with E-state index < -0.39 is 63.3 Å². The van der Waals surface area contributed by atoms with Crippen LogP contribution in [0.5, 0.6) is 17.4 Å². The summed E-state index contributed by atoms with van der Waals surface area (Å²) in [5.74, 6) is -2.21. The maximum Gasteiger partial charge on any atom is 0.415 e. The van der Waals surface area contributed by atoms with Crippen molar-refractivity contribution in [2.45, 2.75) is 60.8 Å². The molecule has 0 spiro atoms. The number of rotatable bonds is 16. The lowest BCUT2D eigenvalue weighted by atomic mass is 9.92. The summed E-state index contributed by atoms with van der Waals surface area (Å²) in [5, 5.41) is 27.8. The average molecular weight is 739 g/mol. The molecule has 1 aliphatic rings. The fourth-order valence-corrected chi connectivity index (χ4v) is 7.13. The van der Waals surface area contributed by atoms with E-state index in [1.807, 2.05) is 30.3 Å². The Kier molecular flexibility index (Phi) is 12.0. The third kappa shape index (κ3) is 8.43. The van der Waals surface area contributed by atoms with Crippen LogP contribution in [0.4, 0.5) is 0 Å². The van der Waals surface area contributed by atoms with E-state index in [1.54, 1.807) is 18.2 Å². The number of aryl methyl sites for hydroxylation is 1. The van der Waals surface area contributed by atoms with Crippen molar-refractivity contribution < 1.29 is 56.4 Å². The van der Waals surface area contributed by atoms with Crippen LogP contribution in [0.15, 0.2) is 87.3 Å². The Hall–Kier alpha value is -5.68. The molecule has 0 radical (unpaired) electrons. The third-order valence-corrected chi connectivity index (χ3v) is 10.2. The number of nitrogens with one attached hydrogen (secondary N) is 1. The number of amides is 1. The number of ether oxygens (including phenoxy) is 4. The van der Waals surface area contributed by atoms with Gasteiger partial charge in [-0.3, -0.25) is 19.5 Å². The second kappa shape index (κ2) is 16.6. The molecule has 4 aromatic rings. The van der Waals surface area contributed by atoms with Crippen LogP contribution in [0.25, 0.3) is 0 Å². The summed E-state index contributed by atoms with van der Waals surface area (Å²) in [4.78, 5) is 40.4. The number of nitrogens with zero attached hydrogens (tertiary/aromatic N) is 3. The first-order chi connectivity index (χ1) is 24.9. The lowest BCUT2D eigenvalue weighted by molar-refractivity contribution is -0.832. The Bertz CT molecular complexity index is 1990. The van der Waals surface area contributed by atoms with Crippen LogP contribution < -0.4 is 24.4 Å². The number of carbonyl (C=O) groups is 3. The van der Waals surface area contributed by atoms with E-state index in [9.17, 15) is 33.1 Å². The molecule has 52 heavy (non-hydrogen) atoms. The molecule has 0 saturated heterocycles. The number of benzene rings is 3. The van der Waals surface area contributed by atoms with Gasteiger partial charge in [-0.15, -0.1) is 0 Å². The Labute approximate surface area is 299 Å². The largest absolute Gasteiger partial charge is 0.493 e. The molecule has 1 amide bonds. The van der Waals surface area contributed by atoms with Crippen molar-refractivity contribution in [1.29, 1.82) is 0 Å². The van der Waals surface area contributed by atoms with Gasteiger partial charge in [0.05, 0.1) is 30.3 Å². The molecule has 0 fully saturated rings. The monoisotopic (exact) mass is 738 g/mol. The molecule has 2 N–H and O–H groups in total. The number of hydrogen-bond acceptors (Lipinski definition) is 13. The third-order valence-electron chi connectivity index (χ3n) is 8.50. The predicted molar refractivity (Wildman–Crippen MR) is 180 cm³/mol. The molecular formula is C35H38N4O12S. The minimum absolute atomic E-state index is 0.0125. The smallest absolute Gasteiger partial charge is 0.415 e. The zero-order valence-corrected chi connectivity index (χ0v) is 29.4. The number of carboxylic acid groups (broad SMARTS) is 1. The molecule has 16 nitrogen and oxygen atoms in total. The van der Waals surface area contributed by atoms with Gasteiger partial charge in [0.15, 0.2) is 11.5 Å². The van der Waals surface area contributed by atoms with Gasteiger partial charge in [-0.25, -0.2) is 13.2 Å². The van der Waals surface area contributed by atoms with E-state index in [1.165, 1.54) is 50.3 Å². The first-order valence-corrected chi connectivity index (χ1v) is 17.7. The van der Waals surface area contributed by atoms with Crippen molar-refractivity contribution in [1.82, 2.24) is 15.4 Å². The maximum atomic E-state index is 13.8. The SMILES string of the molecule is COc1cc2c(cc1OC)CN(C(=O)[C@H](C)N[C@@H](CCc1ccccc1)C(=O)OCCOc1no[n+]([O-])c1S(=O)(=O)c1ccccc1)[C@H](C(=O)O)C2. The highest BCUT2D eigenvalue weighted by Crippen LogP contribution is 2.35. The van der Waals surface area contributed by atoms with Gasteiger partial charge in [0.25, 0.3) is 9.84 Å². The first-order valence-electron chi connectivity index (χ1n) is 16.2.